The molecule has 4 heterocycles. The number of nitrogens with one attached hydrogen (secondary N) is 1. The van der Waals surface area contributed by atoms with Gasteiger partial charge in [-0.2, -0.15) is 23.5 Å². The van der Waals surface area contributed by atoms with Crippen LogP contribution in [-0.2, 0) is 10.2 Å². The molecule has 13 heteroatoms. The highest BCUT2D eigenvalue weighted by Gasteiger charge is 2.48. The number of nitrogens with zero attached hydrogens (tertiary/aromatic N) is 7. The molecule has 1 saturated carbocycles. The summed E-state index contributed by atoms with van der Waals surface area (Å²) in [5.41, 5.74) is 1.53. The summed E-state index contributed by atoms with van der Waals surface area (Å²) < 4.78 is 46.9. The topological polar surface area (TPSA) is 123 Å². The maximum atomic E-state index is 14.1. The highest BCUT2D eigenvalue weighted by Crippen LogP contribution is 2.50. The lowest BCUT2D eigenvalue weighted by Crippen LogP contribution is -2.25. The molecule has 0 aromatic carbocycles. The fourth-order valence-electron chi connectivity index (χ4n) is 5.00. The number of anilines is 1. The SMILES string of the molecule is C[C@@]1(c2cnn(C3CC3)c2)C[C@H](C(=O)Nc2cnc(OC(F)F)c(C#N)c2)c2cnc3cc(F)nn3c21. The molecule has 0 aliphatic heterocycles. The van der Waals surface area contributed by atoms with Crippen molar-refractivity contribution in [2.24, 2.45) is 0 Å². The van der Waals surface area contributed by atoms with Gasteiger partial charge in [0.2, 0.25) is 17.7 Å². The fourth-order valence-corrected chi connectivity index (χ4v) is 5.00. The zero-order valence-electron chi connectivity index (χ0n) is 19.4. The number of amides is 1. The van der Waals surface area contributed by atoms with Crippen molar-refractivity contribution in [3.8, 4) is 11.9 Å². The molecule has 4 aromatic rings. The van der Waals surface area contributed by atoms with E-state index in [2.05, 4.69) is 30.2 Å². The summed E-state index contributed by atoms with van der Waals surface area (Å²) in [6.07, 6.45) is 8.83. The number of hydrogen-bond donors (Lipinski definition) is 1. The Morgan fingerprint density at radius 1 is 1.27 bits per heavy atom. The summed E-state index contributed by atoms with van der Waals surface area (Å²) in [7, 11) is 0. The lowest BCUT2D eigenvalue weighted by molar-refractivity contribution is -0.117. The quantitative estimate of drug-likeness (QED) is 0.421. The van der Waals surface area contributed by atoms with Crippen molar-refractivity contribution in [3.05, 3.63) is 65.3 Å². The number of fused-ring (bicyclic) bond motifs is 3. The second kappa shape index (κ2) is 8.29. The number of halogens is 3. The third kappa shape index (κ3) is 3.85. The molecule has 2 aliphatic rings. The van der Waals surface area contributed by atoms with Crippen LogP contribution in [0, 0.1) is 17.3 Å². The lowest BCUT2D eigenvalue weighted by atomic mass is 9.80. The van der Waals surface area contributed by atoms with Gasteiger partial charge in [-0.15, -0.1) is 5.10 Å². The minimum Gasteiger partial charge on any atom is -0.415 e. The van der Waals surface area contributed by atoms with Gasteiger partial charge in [-0.25, -0.2) is 14.5 Å². The van der Waals surface area contributed by atoms with Gasteiger partial charge in [-0.1, -0.05) is 0 Å². The van der Waals surface area contributed by atoms with Crippen molar-refractivity contribution in [1.82, 2.24) is 29.4 Å². The average Bonchev–Trinajstić information content (AvgIpc) is 3.31. The number of nitriles is 1. The monoisotopic (exact) mass is 508 g/mol. The Morgan fingerprint density at radius 3 is 2.81 bits per heavy atom. The molecule has 0 unspecified atom stereocenters. The van der Waals surface area contributed by atoms with Crippen LogP contribution in [0.15, 0.2) is 36.9 Å². The van der Waals surface area contributed by atoms with Crippen LogP contribution in [0.3, 0.4) is 0 Å². The molecule has 2 aliphatic carbocycles. The number of carbonyl (C=O) groups is 1. The van der Waals surface area contributed by atoms with E-state index in [1.165, 1.54) is 16.6 Å². The van der Waals surface area contributed by atoms with E-state index in [9.17, 15) is 23.2 Å². The van der Waals surface area contributed by atoms with Crippen LogP contribution in [0.5, 0.6) is 5.88 Å². The van der Waals surface area contributed by atoms with Gasteiger partial charge in [0.1, 0.15) is 11.6 Å². The molecular weight excluding hydrogens is 489 g/mol. The fraction of sp³-hybridized carbons (Fsp3) is 0.333. The smallest absolute Gasteiger partial charge is 0.388 e. The van der Waals surface area contributed by atoms with E-state index < -0.39 is 35.7 Å². The Bertz CT molecular complexity index is 1590. The summed E-state index contributed by atoms with van der Waals surface area (Å²) >= 11 is 0. The molecule has 188 valence electrons. The van der Waals surface area contributed by atoms with E-state index in [-0.39, 0.29) is 11.3 Å². The van der Waals surface area contributed by atoms with Gasteiger partial charge in [0.25, 0.3) is 0 Å². The number of pyridine rings is 1. The zero-order valence-corrected chi connectivity index (χ0v) is 19.4. The van der Waals surface area contributed by atoms with Crippen molar-refractivity contribution in [2.75, 3.05) is 5.32 Å². The summed E-state index contributed by atoms with van der Waals surface area (Å²) in [5.74, 6) is -2.36. The van der Waals surface area contributed by atoms with E-state index in [4.69, 9.17) is 0 Å². The largest absolute Gasteiger partial charge is 0.415 e. The Kier molecular flexibility index (Phi) is 5.15. The van der Waals surface area contributed by atoms with Gasteiger partial charge < -0.3 is 10.1 Å². The molecule has 6 rings (SSSR count). The molecule has 37 heavy (non-hydrogen) atoms. The van der Waals surface area contributed by atoms with Gasteiger partial charge >= 0.3 is 6.61 Å². The van der Waals surface area contributed by atoms with E-state index in [0.29, 0.717) is 29.4 Å². The van der Waals surface area contributed by atoms with Gasteiger partial charge in [0.15, 0.2) is 5.65 Å². The van der Waals surface area contributed by atoms with Crippen LogP contribution in [-0.4, -0.2) is 41.9 Å². The Balaban J connectivity index is 1.38. The van der Waals surface area contributed by atoms with Gasteiger partial charge in [-0.05, 0) is 32.3 Å². The molecular formula is C24H19F3N8O2. The minimum absolute atomic E-state index is 0.138. The Morgan fingerprint density at radius 2 is 2.08 bits per heavy atom. The number of rotatable bonds is 6. The highest BCUT2D eigenvalue weighted by atomic mass is 19.3. The van der Waals surface area contributed by atoms with Crippen molar-refractivity contribution in [2.45, 2.75) is 50.2 Å². The first kappa shape index (κ1) is 23.0. The van der Waals surface area contributed by atoms with Crippen LogP contribution in [0.4, 0.5) is 18.9 Å². The van der Waals surface area contributed by atoms with Gasteiger partial charge in [0, 0.05) is 35.0 Å². The lowest BCUT2D eigenvalue weighted by Gasteiger charge is -2.24. The molecule has 1 N–H and O–H groups in total. The second-order valence-electron chi connectivity index (χ2n) is 9.38. The first-order valence-electron chi connectivity index (χ1n) is 11.5. The molecule has 0 saturated heterocycles. The van der Waals surface area contributed by atoms with Crippen LogP contribution in [0.1, 0.15) is 60.5 Å². The number of carbonyl (C=O) groups excluding carboxylic acids is 1. The zero-order chi connectivity index (χ0) is 25.9. The average molecular weight is 508 g/mol. The molecule has 0 bridgehead atoms. The summed E-state index contributed by atoms with van der Waals surface area (Å²) in [6.45, 7) is -1.19. The molecule has 10 nitrogen and oxygen atoms in total. The first-order valence-corrected chi connectivity index (χ1v) is 11.5. The van der Waals surface area contributed by atoms with Crippen molar-refractivity contribution in [3.63, 3.8) is 0 Å². The molecule has 2 atom stereocenters. The maximum absolute atomic E-state index is 14.1. The third-order valence-corrected chi connectivity index (χ3v) is 6.91. The number of alkyl halides is 2. The standard InChI is InChI=1S/C24H19F3N8O2/c1-24(13-8-31-34(11-13)15-2-3-15)6-16(17-10-29-19-5-18(25)33-35(19)20(17)24)21(36)32-14-4-12(7-28)22(30-9-14)37-23(26)27/h4-5,8-11,15-16,23H,2-3,6H2,1H3,(H,32,36)/t16-,24-/m0/s1. The first-order chi connectivity index (χ1) is 17.8. The number of ether oxygens (including phenoxy) is 1. The van der Waals surface area contributed by atoms with E-state index in [0.717, 1.165) is 24.6 Å². The minimum atomic E-state index is -3.14. The number of aromatic nitrogens is 6. The number of hydrogen-bond acceptors (Lipinski definition) is 7. The highest BCUT2D eigenvalue weighted by molar-refractivity contribution is 5.97. The normalized spacial score (nSPS) is 20.7. The Labute approximate surface area is 207 Å². The van der Waals surface area contributed by atoms with Crippen molar-refractivity contribution >= 4 is 17.2 Å². The van der Waals surface area contributed by atoms with Crippen molar-refractivity contribution < 1.29 is 22.7 Å². The molecule has 0 radical (unpaired) electrons. The van der Waals surface area contributed by atoms with Gasteiger partial charge in [-0.3, -0.25) is 9.48 Å². The van der Waals surface area contributed by atoms with Crippen LogP contribution >= 0.6 is 0 Å². The predicted molar refractivity (Wildman–Crippen MR) is 121 cm³/mol. The summed E-state index contributed by atoms with van der Waals surface area (Å²) in [4.78, 5) is 21.5. The third-order valence-electron chi connectivity index (χ3n) is 6.91. The van der Waals surface area contributed by atoms with Crippen LogP contribution in [0.2, 0.25) is 0 Å². The molecule has 0 spiro atoms. The van der Waals surface area contributed by atoms with E-state index >= 15 is 0 Å². The van der Waals surface area contributed by atoms with Crippen molar-refractivity contribution in [1.29, 1.82) is 5.26 Å². The predicted octanol–water partition coefficient (Wildman–Crippen LogP) is 3.70. The maximum Gasteiger partial charge on any atom is 0.388 e. The Hall–Kier alpha value is -4.47. The molecule has 1 amide bonds. The molecule has 1 fully saturated rings. The summed E-state index contributed by atoms with van der Waals surface area (Å²) in [5, 5.41) is 20.5. The molecule has 4 aromatic heterocycles. The second-order valence-corrected chi connectivity index (χ2v) is 9.38. The summed E-state index contributed by atoms with van der Waals surface area (Å²) in [6, 6.07) is 4.52. The van der Waals surface area contributed by atoms with Gasteiger partial charge in [0.05, 0.1) is 35.7 Å². The van der Waals surface area contributed by atoms with Crippen LogP contribution < -0.4 is 10.1 Å². The van der Waals surface area contributed by atoms with Crippen LogP contribution in [0.25, 0.3) is 5.65 Å². The van der Waals surface area contributed by atoms with E-state index in [1.54, 1.807) is 18.5 Å². The van der Waals surface area contributed by atoms with E-state index in [1.807, 2.05) is 17.8 Å².